The van der Waals surface area contributed by atoms with Crippen molar-refractivity contribution in [2.24, 2.45) is 0 Å². The molecule has 0 radical (unpaired) electrons. The minimum atomic E-state index is -0.246. The molecule has 1 fully saturated rings. The van der Waals surface area contributed by atoms with Crippen molar-refractivity contribution in [3.05, 3.63) is 40.7 Å². The standard InChI is InChI=1S/C19H22ClN3O3/c1-13-16(22-19(26-13)14-6-5-7-15(20)10-14)11-17(24)21-12-18(25)23-8-3-2-4-9-23/h5-7,10H,2-4,8-9,11-12H2,1H3,(H,21,24). The Balaban J connectivity index is 1.56. The van der Waals surface area contributed by atoms with Crippen LogP contribution in [-0.4, -0.2) is 41.3 Å². The molecule has 1 saturated heterocycles. The fourth-order valence-corrected chi connectivity index (χ4v) is 3.17. The van der Waals surface area contributed by atoms with Gasteiger partial charge < -0.3 is 14.6 Å². The number of nitrogens with one attached hydrogen (secondary N) is 1. The summed E-state index contributed by atoms with van der Waals surface area (Å²) in [6.45, 7) is 3.35. The van der Waals surface area contributed by atoms with E-state index in [1.165, 1.54) is 0 Å². The molecule has 2 aromatic rings. The number of hydrogen-bond donors (Lipinski definition) is 1. The number of benzene rings is 1. The third-order valence-electron chi connectivity index (χ3n) is 4.44. The summed E-state index contributed by atoms with van der Waals surface area (Å²) in [6.07, 6.45) is 3.30. The van der Waals surface area contributed by atoms with Gasteiger partial charge in [-0.15, -0.1) is 0 Å². The summed E-state index contributed by atoms with van der Waals surface area (Å²) >= 11 is 5.99. The molecule has 1 aromatic heterocycles. The number of piperidine rings is 1. The van der Waals surface area contributed by atoms with E-state index in [4.69, 9.17) is 16.0 Å². The predicted octanol–water partition coefficient (Wildman–Crippen LogP) is 2.97. The maximum absolute atomic E-state index is 12.2. The Bertz CT molecular complexity index is 797. The van der Waals surface area contributed by atoms with Crippen LogP contribution in [0.3, 0.4) is 0 Å². The van der Waals surface area contributed by atoms with E-state index in [-0.39, 0.29) is 24.8 Å². The molecule has 26 heavy (non-hydrogen) atoms. The number of amides is 2. The van der Waals surface area contributed by atoms with Gasteiger partial charge in [-0.25, -0.2) is 4.98 Å². The average molecular weight is 376 g/mol. The second-order valence-electron chi connectivity index (χ2n) is 6.43. The molecule has 6 nitrogen and oxygen atoms in total. The first-order valence-electron chi connectivity index (χ1n) is 8.79. The number of aryl methyl sites for hydroxylation is 1. The fourth-order valence-electron chi connectivity index (χ4n) is 2.98. The van der Waals surface area contributed by atoms with Crippen molar-refractivity contribution in [1.29, 1.82) is 0 Å². The van der Waals surface area contributed by atoms with Gasteiger partial charge in [-0.05, 0) is 44.4 Å². The molecule has 0 unspecified atom stereocenters. The molecular formula is C19H22ClN3O3. The fraction of sp³-hybridized carbons (Fsp3) is 0.421. The highest BCUT2D eigenvalue weighted by molar-refractivity contribution is 6.30. The Morgan fingerprint density at radius 2 is 2.04 bits per heavy atom. The number of hydrogen-bond acceptors (Lipinski definition) is 4. The lowest BCUT2D eigenvalue weighted by molar-refractivity contribution is -0.133. The van der Waals surface area contributed by atoms with Crippen LogP contribution in [0.5, 0.6) is 0 Å². The van der Waals surface area contributed by atoms with Crippen molar-refractivity contribution < 1.29 is 14.0 Å². The summed E-state index contributed by atoms with van der Waals surface area (Å²) < 4.78 is 5.65. The summed E-state index contributed by atoms with van der Waals surface area (Å²) in [6, 6.07) is 7.19. The molecule has 138 valence electrons. The summed E-state index contributed by atoms with van der Waals surface area (Å²) in [7, 11) is 0. The number of carbonyl (C=O) groups is 2. The molecule has 0 aliphatic carbocycles. The predicted molar refractivity (Wildman–Crippen MR) is 98.8 cm³/mol. The molecular weight excluding hydrogens is 354 g/mol. The number of halogens is 1. The van der Waals surface area contributed by atoms with Crippen LogP contribution in [0.1, 0.15) is 30.7 Å². The Kier molecular flexibility index (Phi) is 5.93. The summed E-state index contributed by atoms with van der Waals surface area (Å²) in [5.41, 5.74) is 1.32. The van der Waals surface area contributed by atoms with Gasteiger partial charge in [0.15, 0.2) is 0 Å². The minimum Gasteiger partial charge on any atom is -0.441 e. The van der Waals surface area contributed by atoms with Crippen LogP contribution >= 0.6 is 11.6 Å². The Morgan fingerprint density at radius 1 is 1.27 bits per heavy atom. The smallest absolute Gasteiger partial charge is 0.241 e. The zero-order valence-corrected chi connectivity index (χ0v) is 15.5. The van der Waals surface area contributed by atoms with Gasteiger partial charge in [0.05, 0.1) is 18.7 Å². The van der Waals surface area contributed by atoms with Crippen molar-refractivity contribution in [1.82, 2.24) is 15.2 Å². The average Bonchev–Trinajstić information content (AvgIpc) is 3.01. The van der Waals surface area contributed by atoms with Crippen LogP contribution in [0, 0.1) is 6.92 Å². The maximum Gasteiger partial charge on any atom is 0.241 e. The molecule has 0 saturated carbocycles. The number of aromatic nitrogens is 1. The number of nitrogens with zero attached hydrogens (tertiary/aromatic N) is 2. The Hall–Kier alpha value is -2.34. The van der Waals surface area contributed by atoms with E-state index in [0.717, 1.165) is 37.9 Å². The van der Waals surface area contributed by atoms with E-state index in [1.807, 2.05) is 17.0 Å². The lowest BCUT2D eigenvalue weighted by Crippen LogP contribution is -2.42. The van der Waals surface area contributed by atoms with E-state index >= 15 is 0 Å². The third kappa shape index (κ3) is 4.64. The van der Waals surface area contributed by atoms with Gasteiger partial charge in [-0.2, -0.15) is 0 Å². The van der Waals surface area contributed by atoms with E-state index in [9.17, 15) is 9.59 Å². The molecule has 7 heteroatoms. The van der Waals surface area contributed by atoms with Crippen molar-refractivity contribution in [3.8, 4) is 11.5 Å². The van der Waals surface area contributed by atoms with Crippen molar-refractivity contribution in [2.75, 3.05) is 19.6 Å². The molecule has 2 amide bonds. The van der Waals surface area contributed by atoms with E-state index in [2.05, 4.69) is 10.3 Å². The van der Waals surface area contributed by atoms with Crippen molar-refractivity contribution >= 4 is 23.4 Å². The largest absolute Gasteiger partial charge is 0.441 e. The Morgan fingerprint density at radius 3 is 2.77 bits per heavy atom. The zero-order valence-electron chi connectivity index (χ0n) is 14.8. The first kappa shape index (κ1) is 18.5. The molecule has 1 N–H and O–H groups in total. The quantitative estimate of drug-likeness (QED) is 0.871. The van der Waals surface area contributed by atoms with E-state index in [1.54, 1.807) is 19.1 Å². The number of rotatable bonds is 5. The monoisotopic (exact) mass is 375 g/mol. The number of likely N-dealkylation sites (tertiary alicyclic amines) is 1. The van der Waals surface area contributed by atoms with Gasteiger partial charge >= 0.3 is 0 Å². The normalized spacial score (nSPS) is 14.3. The summed E-state index contributed by atoms with van der Waals surface area (Å²) in [4.78, 5) is 30.5. The minimum absolute atomic E-state index is 0.0247. The zero-order chi connectivity index (χ0) is 18.5. The molecule has 0 bridgehead atoms. The second-order valence-corrected chi connectivity index (χ2v) is 6.86. The number of oxazole rings is 1. The molecule has 2 heterocycles. The molecule has 1 aliphatic heterocycles. The van der Waals surface area contributed by atoms with Crippen LogP contribution in [0.25, 0.3) is 11.5 Å². The van der Waals surface area contributed by atoms with Gasteiger partial charge in [0.2, 0.25) is 17.7 Å². The summed E-state index contributed by atoms with van der Waals surface area (Å²) in [5, 5.41) is 3.27. The third-order valence-corrected chi connectivity index (χ3v) is 4.67. The van der Waals surface area contributed by atoms with Gasteiger partial charge in [-0.1, -0.05) is 17.7 Å². The van der Waals surface area contributed by atoms with Gasteiger partial charge in [0.25, 0.3) is 0 Å². The van der Waals surface area contributed by atoms with Crippen LogP contribution < -0.4 is 5.32 Å². The van der Waals surface area contributed by atoms with Gasteiger partial charge in [-0.3, -0.25) is 9.59 Å². The van der Waals surface area contributed by atoms with Crippen LogP contribution in [-0.2, 0) is 16.0 Å². The second kappa shape index (κ2) is 8.36. The van der Waals surface area contributed by atoms with Crippen molar-refractivity contribution in [3.63, 3.8) is 0 Å². The molecule has 1 aliphatic rings. The van der Waals surface area contributed by atoms with E-state index < -0.39 is 0 Å². The van der Waals surface area contributed by atoms with Crippen LogP contribution in [0.15, 0.2) is 28.7 Å². The lowest BCUT2D eigenvalue weighted by atomic mass is 10.1. The van der Waals surface area contributed by atoms with Crippen molar-refractivity contribution in [2.45, 2.75) is 32.6 Å². The highest BCUT2D eigenvalue weighted by atomic mass is 35.5. The summed E-state index contributed by atoms with van der Waals surface area (Å²) in [5.74, 6) is 0.730. The first-order chi connectivity index (χ1) is 12.5. The molecule has 3 rings (SSSR count). The van der Waals surface area contributed by atoms with Crippen LogP contribution in [0.2, 0.25) is 5.02 Å². The SMILES string of the molecule is Cc1oc(-c2cccc(Cl)c2)nc1CC(=O)NCC(=O)N1CCCCC1. The molecule has 1 aromatic carbocycles. The topological polar surface area (TPSA) is 75.4 Å². The molecule has 0 spiro atoms. The molecule has 0 atom stereocenters. The van der Waals surface area contributed by atoms with Gasteiger partial charge in [0, 0.05) is 23.7 Å². The van der Waals surface area contributed by atoms with Gasteiger partial charge in [0.1, 0.15) is 5.76 Å². The Labute approximate surface area is 157 Å². The highest BCUT2D eigenvalue weighted by Gasteiger charge is 2.18. The van der Waals surface area contributed by atoms with E-state index in [0.29, 0.717) is 22.4 Å². The van der Waals surface area contributed by atoms with Crippen LogP contribution in [0.4, 0.5) is 0 Å². The first-order valence-corrected chi connectivity index (χ1v) is 9.17. The lowest BCUT2D eigenvalue weighted by Gasteiger charge is -2.26. The maximum atomic E-state index is 12.2. The highest BCUT2D eigenvalue weighted by Crippen LogP contribution is 2.24. The number of carbonyl (C=O) groups excluding carboxylic acids is 2.